The van der Waals surface area contributed by atoms with E-state index in [1.165, 1.54) is 0 Å². The van der Waals surface area contributed by atoms with Gasteiger partial charge in [0.2, 0.25) is 10.0 Å². The number of nitrogens with two attached hydrogens (primary N) is 1. The van der Waals surface area contributed by atoms with Gasteiger partial charge >= 0.3 is 0 Å². The Labute approximate surface area is 117 Å². The molecule has 0 bridgehead atoms. The highest BCUT2D eigenvalue weighted by atomic mass is 32.2. The molecule has 0 heterocycles. The second-order valence-electron chi connectivity index (χ2n) is 4.13. The van der Waals surface area contributed by atoms with Gasteiger partial charge < -0.3 is 5.73 Å². The van der Waals surface area contributed by atoms with E-state index in [-0.39, 0.29) is 11.4 Å². The summed E-state index contributed by atoms with van der Waals surface area (Å²) >= 11 is 0. The van der Waals surface area contributed by atoms with Gasteiger partial charge in [-0.2, -0.15) is 0 Å². The quantitative estimate of drug-likeness (QED) is 0.767. The summed E-state index contributed by atoms with van der Waals surface area (Å²) in [7, 11) is -4.52. The lowest BCUT2D eigenvalue weighted by molar-refractivity contribution is 0.583. The van der Waals surface area contributed by atoms with Crippen LogP contribution in [0.5, 0.6) is 0 Å². The van der Waals surface area contributed by atoms with Crippen molar-refractivity contribution in [3.8, 4) is 0 Å². The zero-order chi connectivity index (χ0) is 14.5. The van der Waals surface area contributed by atoms with Crippen LogP contribution in [0.15, 0.2) is 23.1 Å². The van der Waals surface area contributed by atoms with Crippen LogP contribution < -0.4 is 10.5 Å². The van der Waals surface area contributed by atoms with Crippen molar-refractivity contribution >= 4 is 20.8 Å². The molecular formula is C12H20N2O3S2. The minimum atomic E-state index is -3.55. The number of nitrogens with one attached hydrogen (secondary N) is 1. The Bertz CT molecular complexity index is 556. The number of aryl methyl sites for hydroxylation is 1. The highest BCUT2D eigenvalue weighted by Crippen LogP contribution is 2.16. The molecule has 108 valence electrons. The lowest BCUT2D eigenvalue weighted by Crippen LogP contribution is -2.28. The Balaban J connectivity index is 2.80. The maximum absolute atomic E-state index is 12.1. The molecule has 0 aliphatic heterocycles. The Morgan fingerprint density at radius 3 is 2.58 bits per heavy atom. The van der Waals surface area contributed by atoms with Crippen LogP contribution in [0, 0.1) is 6.92 Å². The Morgan fingerprint density at radius 1 is 1.37 bits per heavy atom. The standard InChI is InChI=1S/C12H20N2O3S2/c1-3-18(15)7-6-14-19(16,17)12-5-4-11(9-13)8-10(12)2/h4-5,8,14H,3,6-7,9,13H2,1-2H3. The highest BCUT2D eigenvalue weighted by Gasteiger charge is 2.16. The Hall–Kier alpha value is -0.760. The molecule has 0 aromatic heterocycles. The molecule has 1 unspecified atom stereocenters. The monoisotopic (exact) mass is 304 g/mol. The number of rotatable bonds is 7. The van der Waals surface area contributed by atoms with Crippen molar-refractivity contribution in [2.24, 2.45) is 5.73 Å². The van der Waals surface area contributed by atoms with Crippen LogP contribution in [0.3, 0.4) is 0 Å². The van der Waals surface area contributed by atoms with Crippen molar-refractivity contribution in [3.05, 3.63) is 29.3 Å². The summed E-state index contributed by atoms with van der Waals surface area (Å²) in [6.07, 6.45) is 0. The molecule has 3 N–H and O–H groups in total. The molecule has 0 spiro atoms. The molecule has 0 saturated heterocycles. The first-order chi connectivity index (χ1) is 8.90. The van der Waals surface area contributed by atoms with Crippen molar-refractivity contribution < 1.29 is 12.6 Å². The van der Waals surface area contributed by atoms with Gasteiger partial charge in [0.05, 0.1) is 4.90 Å². The van der Waals surface area contributed by atoms with Crippen LogP contribution in [-0.4, -0.2) is 30.7 Å². The third-order valence-electron chi connectivity index (χ3n) is 2.71. The largest absolute Gasteiger partial charge is 0.326 e. The third-order valence-corrected chi connectivity index (χ3v) is 5.63. The number of benzene rings is 1. The van der Waals surface area contributed by atoms with E-state index >= 15 is 0 Å². The smallest absolute Gasteiger partial charge is 0.240 e. The van der Waals surface area contributed by atoms with Gasteiger partial charge in [0.15, 0.2) is 0 Å². The zero-order valence-corrected chi connectivity index (χ0v) is 12.8. The fourth-order valence-electron chi connectivity index (χ4n) is 1.65. The van der Waals surface area contributed by atoms with Gasteiger partial charge in [0, 0.05) is 35.4 Å². The summed E-state index contributed by atoms with van der Waals surface area (Å²) < 4.78 is 37.9. The second kappa shape index (κ2) is 7.14. The van der Waals surface area contributed by atoms with Crippen LogP contribution in [0.2, 0.25) is 0 Å². The van der Waals surface area contributed by atoms with Crippen LogP contribution in [0.4, 0.5) is 0 Å². The van der Waals surface area contributed by atoms with Gasteiger partial charge in [-0.3, -0.25) is 4.21 Å². The highest BCUT2D eigenvalue weighted by molar-refractivity contribution is 7.89. The normalized spacial score (nSPS) is 13.4. The molecule has 1 aromatic rings. The molecule has 0 amide bonds. The lowest BCUT2D eigenvalue weighted by Gasteiger charge is -2.10. The van der Waals surface area contributed by atoms with Gasteiger partial charge in [-0.05, 0) is 24.1 Å². The first kappa shape index (κ1) is 16.3. The van der Waals surface area contributed by atoms with Crippen LogP contribution in [0.1, 0.15) is 18.1 Å². The summed E-state index contributed by atoms with van der Waals surface area (Å²) in [6, 6.07) is 5.02. The first-order valence-corrected chi connectivity index (χ1v) is 9.02. The Kier molecular flexibility index (Phi) is 6.12. The van der Waals surface area contributed by atoms with Crippen LogP contribution >= 0.6 is 0 Å². The topological polar surface area (TPSA) is 89.3 Å². The molecule has 0 aliphatic rings. The van der Waals surface area contributed by atoms with E-state index < -0.39 is 20.8 Å². The summed E-state index contributed by atoms with van der Waals surface area (Å²) in [4.78, 5) is 0.243. The minimum absolute atomic E-state index is 0.181. The summed E-state index contributed by atoms with van der Waals surface area (Å²) in [6.45, 7) is 4.10. The molecule has 1 rings (SSSR count). The molecule has 7 heteroatoms. The van der Waals surface area contributed by atoms with Crippen molar-refractivity contribution in [3.63, 3.8) is 0 Å². The molecule has 0 aliphatic carbocycles. The predicted octanol–water partition coefficient (Wildman–Crippen LogP) is 0.501. The summed E-state index contributed by atoms with van der Waals surface area (Å²) in [5.74, 6) is 0.863. The second-order valence-corrected chi connectivity index (χ2v) is 7.74. The average Bonchev–Trinajstić information content (AvgIpc) is 2.37. The summed E-state index contributed by atoms with van der Waals surface area (Å²) in [5.41, 5.74) is 7.06. The van der Waals surface area contributed by atoms with Gasteiger partial charge in [-0.25, -0.2) is 13.1 Å². The van der Waals surface area contributed by atoms with Crippen molar-refractivity contribution in [1.29, 1.82) is 0 Å². The van der Waals surface area contributed by atoms with Crippen molar-refractivity contribution in [1.82, 2.24) is 4.72 Å². The number of hydrogen-bond acceptors (Lipinski definition) is 4. The molecule has 1 atom stereocenters. The molecular weight excluding hydrogens is 284 g/mol. The van der Waals surface area contributed by atoms with E-state index in [1.54, 1.807) is 32.0 Å². The average molecular weight is 304 g/mol. The van der Waals surface area contributed by atoms with Crippen molar-refractivity contribution in [2.45, 2.75) is 25.3 Å². The number of hydrogen-bond donors (Lipinski definition) is 2. The van der Waals surface area contributed by atoms with Gasteiger partial charge in [-0.1, -0.05) is 19.1 Å². The first-order valence-electron chi connectivity index (χ1n) is 6.05. The molecule has 0 fully saturated rings. The van der Waals surface area contributed by atoms with Gasteiger partial charge in [-0.15, -0.1) is 0 Å². The van der Waals surface area contributed by atoms with E-state index in [1.807, 2.05) is 0 Å². The molecule has 19 heavy (non-hydrogen) atoms. The van der Waals surface area contributed by atoms with E-state index in [0.29, 0.717) is 23.6 Å². The zero-order valence-electron chi connectivity index (χ0n) is 11.2. The summed E-state index contributed by atoms with van der Waals surface area (Å²) in [5, 5.41) is 0. The van der Waals surface area contributed by atoms with Crippen LogP contribution in [-0.2, 0) is 27.4 Å². The third kappa shape index (κ3) is 4.68. The van der Waals surface area contributed by atoms with Gasteiger partial charge in [0.25, 0.3) is 0 Å². The molecule has 0 saturated carbocycles. The molecule has 5 nitrogen and oxygen atoms in total. The fourth-order valence-corrected chi connectivity index (χ4v) is 3.66. The fraction of sp³-hybridized carbons (Fsp3) is 0.500. The van der Waals surface area contributed by atoms with E-state index in [0.717, 1.165) is 5.56 Å². The maximum Gasteiger partial charge on any atom is 0.240 e. The molecule has 1 aromatic carbocycles. The SMILES string of the molecule is CCS(=O)CCNS(=O)(=O)c1ccc(CN)cc1C. The maximum atomic E-state index is 12.1. The van der Waals surface area contributed by atoms with E-state index in [4.69, 9.17) is 5.73 Å². The van der Waals surface area contributed by atoms with Crippen molar-refractivity contribution in [2.75, 3.05) is 18.1 Å². The van der Waals surface area contributed by atoms with Gasteiger partial charge in [0.1, 0.15) is 0 Å². The lowest BCUT2D eigenvalue weighted by atomic mass is 10.1. The molecule has 0 radical (unpaired) electrons. The minimum Gasteiger partial charge on any atom is -0.326 e. The Morgan fingerprint density at radius 2 is 2.05 bits per heavy atom. The van der Waals surface area contributed by atoms with E-state index in [2.05, 4.69) is 4.72 Å². The number of sulfonamides is 1. The van der Waals surface area contributed by atoms with E-state index in [9.17, 15) is 12.6 Å². The van der Waals surface area contributed by atoms with Crippen LogP contribution in [0.25, 0.3) is 0 Å². The predicted molar refractivity (Wildman–Crippen MR) is 77.8 cm³/mol.